The third kappa shape index (κ3) is 5.74. The molecule has 0 heterocycles. The molecule has 7 aromatic carbocycles. The summed E-state index contributed by atoms with van der Waals surface area (Å²) in [5, 5.41) is 0. The van der Waals surface area contributed by atoms with Crippen LogP contribution >= 0.6 is 0 Å². The van der Waals surface area contributed by atoms with Crippen molar-refractivity contribution in [2.45, 2.75) is 0 Å². The standard InChI is InChI=1S/C42H32N2/c1-5-16-37(17-6-1)43(38-18-7-2-8-19-38)41-28-24-33(25-29-41)35-14-13-15-36(32-35)34-26-30-42(31-27-34)44(39-20-9-3-10-21-39)40-22-11-4-12-23-40/h1-32H/i1T,3T. The molecule has 7 rings (SSSR count). The lowest BCUT2D eigenvalue weighted by Crippen LogP contribution is -2.09. The molecule has 0 amide bonds. The summed E-state index contributed by atoms with van der Waals surface area (Å²) in [5.74, 6) is 0. The Morgan fingerprint density at radius 2 is 0.591 bits per heavy atom. The summed E-state index contributed by atoms with van der Waals surface area (Å²) in [5.41, 5.74) is 10.9. The van der Waals surface area contributed by atoms with Gasteiger partial charge in [-0.2, -0.15) is 0 Å². The summed E-state index contributed by atoms with van der Waals surface area (Å²) in [6.45, 7) is 0. The van der Waals surface area contributed by atoms with E-state index in [0.29, 0.717) is 12.1 Å². The molecule has 2 heteroatoms. The number of para-hydroxylation sites is 4. The molecule has 210 valence electrons. The Kier molecular flexibility index (Phi) is 7.06. The highest BCUT2D eigenvalue weighted by Gasteiger charge is 2.14. The van der Waals surface area contributed by atoms with Gasteiger partial charge in [0.1, 0.15) is 0 Å². The summed E-state index contributed by atoms with van der Waals surface area (Å²) < 4.78 is 15.9. The summed E-state index contributed by atoms with van der Waals surface area (Å²) >= 11 is 0. The van der Waals surface area contributed by atoms with Gasteiger partial charge in [-0.25, -0.2) is 0 Å². The van der Waals surface area contributed by atoms with Gasteiger partial charge < -0.3 is 9.80 Å². The molecule has 0 saturated heterocycles. The Labute approximate surface area is 262 Å². The van der Waals surface area contributed by atoms with Gasteiger partial charge >= 0.3 is 0 Å². The molecule has 0 spiro atoms. The number of nitrogens with zero attached hydrogens (tertiary/aromatic N) is 2. The molecular formula is C42H32N2. The van der Waals surface area contributed by atoms with Crippen molar-refractivity contribution in [1.82, 2.24) is 0 Å². The second-order valence-corrected chi connectivity index (χ2v) is 10.5. The molecule has 0 aliphatic heterocycles. The summed E-state index contributed by atoms with van der Waals surface area (Å²) in [6, 6.07) is 62.9. The van der Waals surface area contributed by atoms with Gasteiger partial charge in [0.2, 0.25) is 0 Å². The molecule has 0 aliphatic rings. The molecule has 0 aliphatic carbocycles. The van der Waals surface area contributed by atoms with Crippen LogP contribution in [0.1, 0.15) is 2.74 Å². The lowest BCUT2D eigenvalue weighted by atomic mass is 9.98. The third-order valence-electron chi connectivity index (χ3n) is 7.73. The molecule has 0 aromatic heterocycles. The van der Waals surface area contributed by atoms with E-state index in [9.17, 15) is 0 Å². The first-order valence-corrected chi connectivity index (χ1v) is 14.8. The van der Waals surface area contributed by atoms with Gasteiger partial charge in [0.15, 0.2) is 0 Å². The van der Waals surface area contributed by atoms with Crippen molar-refractivity contribution in [2.24, 2.45) is 0 Å². The fraction of sp³-hybridized carbons (Fsp3) is 0. The normalized spacial score (nSPS) is 11.4. The largest absolute Gasteiger partial charge is 0.311 e. The van der Waals surface area contributed by atoms with Crippen LogP contribution in [0.25, 0.3) is 22.3 Å². The number of anilines is 6. The zero-order valence-electron chi connectivity index (χ0n) is 26.2. The number of hydrogen-bond acceptors (Lipinski definition) is 2. The Balaban J connectivity index is 1.17. The first-order valence-electron chi connectivity index (χ1n) is 15.8. The molecule has 0 atom stereocenters. The molecule has 2 nitrogen and oxygen atoms in total. The van der Waals surface area contributed by atoms with E-state index in [1.807, 2.05) is 84.9 Å². The van der Waals surface area contributed by atoms with Gasteiger partial charge in [0.25, 0.3) is 0 Å². The zero-order chi connectivity index (χ0) is 31.3. The quantitative estimate of drug-likeness (QED) is 0.180. The van der Waals surface area contributed by atoms with Crippen LogP contribution in [0, 0.1) is 0 Å². The van der Waals surface area contributed by atoms with E-state index >= 15 is 0 Å². The Bertz CT molecular complexity index is 1880. The molecule has 0 N–H and O–H groups in total. The van der Waals surface area contributed by atoms with E-state index in [4.69, 9.17) is 2.74 Å². The Morgan fingerprint density at radius 3 is 0.955 bits per heavy atom. The average Bonchev–Trinajstić information content (AvgIpc) is 3.12. The van der Waals surface area contributed by atoms with Crippen LogP contribution < -0.4 is 9.80 Å². The van der Waals surface area contributed by atoms with Gasteiger partial charge in [-0.1, -0.05) is 115 Å². The smallest absolute Gasteiger partial charge is 0.0623 e. The van der Waals surface area contributed by atoms with Crippen LogP contribution in [-0.4, -0.2) is 0 Å². The van der Waals surface area contributed by atoms with Crippen LogP contribution in [0.2, 0.25) is 0 Å². The molecule has 0 unspecified atom stereocenters. The Morgan fingerprint density at radius 1 is 0.273 bits per heavy atom. The maximum atomic E-state index is 7.93. The third-order valence-corrected chi connectivity index (χ3v) is 7.73. The van der Waals surface area contributed by atoms with Gasteiger partial charge in [-0.15, -0.1) is 0 Å². The van der Waals surface area contributed by atoms with Gasteiger partial charge in [0.05, 0.1) is 2.74 Å². The van der Waals surface area contributed by atoms with Crippen molar-refractivity contribution in [2.75, 3.05) is 9.80 Å². The minimum Gasteiger partial charge on any atom is -0.311 e. The lowest BCUT2D eigenvalue weighted by molar-refractivity contribution is 1.28. The minimum atomic E-state index is 0.495. The predicted molar refractivity (Wildman–Crippen MR) is 187 cm³/mol. The highest BCUT2D eigenvalue weighted by Crippen LogP contribution is 2.37. The SMILES string of the molecule is [3H]c1ccc(N(c2ccccc2)c2ccc(-c3cccc(-c4ccc(N(c5ccccc5)c5ccc([3H])cc5)cc4)c3)cc2)cc1. The molecule has 44 heavy (non-hydrogen) atoms. The maximum Gasteiger partial charge on any atom is 0.0623 e. The summed E-state index contributed by atoms with van der Waals surface area (Å²) in [7, 11) is 0. The maximum absolute atomic E-state index is 7.93. The fourth-order valence-corrected chi connectivity index (χ4v) is 5.59. The number of hydrogen-bond donors (Lipinski definition) is 0. The topological polar surface area (TPSA) is 6.48 Å². The van der Waals surface area contributed by atoms with Gasteiger partial charge in [-0.05, 0) is 101 Å². The summed E-state index contributed by atoms with van der Waals surface area (Å²) in [6.07, 6.45) is 0. The number of benzene rings is 7. The van der Waals surface area contributed by atoms with Crippen LogP contribution in [-0.2, 0) is 0 Å². The predicted octanol–water partition coefficient (Wildman–Crippen LogP) is 12.0. The van der Waals surface area contributed by atoms with Crippen molar-refractivity contribution in [1.29, 1.82) is 0 Å². The molecule has 0 bridgehead atoms. The van der Waals surface area contributed by atoms with Crippen LogP contribution in [0.15, 0.2) is 194 Å². The molecule has 0 fully saturated rings. The number of rotatable bonds is 8. The highest BCUT2D eigenvalue weighted by molar-refractivity contribution is 5.81. The second kappa shape index (κ2) is 12.6. The molecule has 0 radical (unpaired) electrons. The highest BCUT2D eigenvalue weighted by atomic mass is 15.1. The minimum absolute atomic E-state index is 0.495. The van der Waals surface area contributed by atoms with Crippen LogP contribution in [0.5, 0.6) is 0 Å². The molecule has 0 saturated carbocycles. The molecular weight excluding hydrogens is 532 g/mol. The van der Waals surface area contributed by atoms with E-state index in [1.54, 1.807) is 0 Å². The van der Waals surface area contributed by atoms with E-state index < -0.39 is 0 Å². The Hall–Kier alpha value is -5.86. The van der Waals surface area contributed by atoms with E-state index in [0.717, 1.165) is 56.4 Å². The first-order chi connectivity index (χ1) is 22.6. The second-order valence-electron chi connectivity index (χ2n) is 10.5. The van der Waals surface area contributed by atoms with Crippen molar-refractivity contribution >= 4 is 34.1 Å². The monoisotopic (exact) mass is 568 g/mol. The molecule has 7 aromatic rings. The first kappa shape index (κ1) is 24.7. The van der Waals surface area contributed by atoms with E-state index in [2.05, 4.69) is 107 Å². The summed E-state index contributed by atoms with van der Waals surface area (Å²) in [4.78, 5) is 4.42. The van der Waals surface area contributed by atoms with Crippen molar-refractivity contribution in [3.63, 3.8) is 0 Å². The van der Waals surface area contributed by atoms with Crippen molar-refractivity contribution < 1.29 is 2.74 Å². The van der Waals surface area contributed by atoms with Gasteiger partial charge in [0, 0.05) is 34.1 Å². The fourth-order valence-electron chi connectivity index (χ4n) is 5.59. The lowest BCUT2D eigenvalue weighted by Gasteiger charge is -2.25. The van der Waals surface area contributed by atoms with E-state index in [1.165, 1.54) is 0 Å². The van der Waals surface area contributed by atoms with Crippen molar-refractivity contribution in [3.05, 3.63) is 194 Å². The van der Waals surface area contributed by atoms with Crippen molar-refractivity contribution in [3.8, 4) is 22.3 Å². The van der Waals surface area contributed by atoms with Crippen LogP contribution in [0.4, 0.5) is 34.1 Å². The van der Waals surface area contributed by atoms with Gasteiger partial charge in [-0.3, -0.25) is 0 Å². The van der Waals surface area contributed by atoms with Crippen LogP contribution in [0.3, 0.4) is 0 Å². The van der Waals surface area contributed by atoms with E-state index in [-0.39, 0.29) is 0 Å². The zero-order valence-corrected chi connectivity index (χ0v) is 24.2. The average molecular weight is 569 g/mol.